The number of amides is 2. The molecule has 138 valence electrons. The van der Waals surface area contributed by atoms with E-state index in [1.165, 1.54) is 4.90 Å². The molecule has 0 radical (unpaired) electrons. The monoisotopic (exact) mass is 365 g/mol. The summed E-state index contributed by atoms with van der Waals surface area (Å²) in [6.07, 6.45) is 0.833. The Bertz CT molecular complexity index is 974. The van der Waals surface area contributed by atoms with Gasteiger partial charge in [-0.15, -0.1) is 0 Å². The Morgan fingerprint density at radius 3 is 2.48 bits per heavy atom. The normalized spacial score (nSPS) is 14.4. The second kappa shape index (κ2) is 6.99. The van der Waals surface area contributed by atoms with Gasteiger partial charge in [-0.1, -0.05) is 0 Å². The standard InChI is InChI=1S/C19H19N5O3/c25-18(21-15-3-6-17-14(11-15)12-20-22-17)13-1-4-16(5-2-13)23-7-9-24(10-8-23)19(26)27/h1-6,11-12H,7-10H2,(H,20,22)(H,21,25)(H,26,27). The van der Waals surface area contributed by atoms with Crippen LogP contribution in [0.2, 0.25) is 0 Å². The summed E-state index contributed by atoms with van der Waals surface area (Å²) in [5.74, 6) is -0.180. The molecule has 4 rings (SSSR count). The molecule has 1 saturated heterocycles. The van der Waals surface area contributed by atoms with Crippen molar-refractivity contribution in [1.29, 1.82) is 0 Å². The summed E-state index contributed by atoms with van der Waals surface area (Å²) in [6.45, 7) is 2.24. The van der Waals surface area contributed by atoms with Crippen molar-refractivity contribution < 1.29 is 14.7 Å². The average molecular weight is 365 g/mol. The fourth-order valence-corrected chi connectivity index (χ4v) is 3.20. The number of carboxylic acid groups (broad SMARTS) is 1. The first-order chi connectivity index (χ1) is 13.1. The highest BCUT2D eigenvalue weighted by molar-refractivity contribution is 6.05. The van der Waals surface area contributed by atoms with Gasteiger partial charge >= 0.3 is 6.09 Å². The first kappa shape index (κ1) is 16.9. The first-order valence-corrected chi connectivity index (χ1v) is 8.67. The molecule has 0 unspecified atom stereocenters. The van der Waals surface area contributed by atoms with Crippen LogP contribution in [0.5, 0.6) is 0 Å². The van der Waals surface area contributed by atoms with Crippen molar-refractivity contribution in [1.82, 2.24) is 15.1 Å². The molecule has 0 bridgehead atoms. The summed E-state index contributed by atoms with van der Waals surface area (Å²) in [7, 11) is 0. The van der Waals surface area contributed by atoms with E-state index in [4.69, 9.17) is 5.11 Å². The SMILES string of the molecule is O=C(Nc1ccc2[nH]ncc2c1)c1ccc(N2CCN(C(=O)O)CC2)cc1. The van der Waals surface area contributed by atoms with Gasteiger partial charge in [0, 0.05) is 48.5 Å². The first-order valence-electron chi connectivity index (χ1n) is 8.67. The number of nitrogens with zero attached hydrogens (tertiary/aromatic N) is 3. The fraction of sp³-hybridized carbons (Fsp3) is 0.211. The molecule has 8 nitrogen and oxygen atoms in total. The van der Waals surface area contributed by atoms with E-state index in [-0.39, 0.29) is 5.91 Å². The largest absolute Gasteiger partial charge is 0.465 e. The zero-order chi connectivity index (χ0) is 18.8. The molecule has 1 aromatic heterocycles. The van der Waals surface area contributed by atoms with Crippen LogP contribution in [-0.4, -0.2) is 58.4 Å². The van der Waals surface area contributed by atoms with Crippen LogP contribution in [0.3, 0.4) is 0 Å². The van der Waals surface area contributed by atoms with Gasteiger partial charge in [-0.2, -0.15) is 5.10 Å². The zero-order valence-corrected chi connectivity index (χ0v) is 14.6. The van der Waals surface area contributed by atoms with Gasteiger partial charge in [0.05, 0.1) is 11.7 Å². The lowest BCUT2D eigenvalue weighted by molar-refractivity contribution is 0.102. The van der Waals surface area contributed by atoms with Gasteiger partial charge in [0.2, 0.25) is 0 Å². The maximum Gasteiger partial charge on any atom is 0.407 e. The van der Waals surface area contributed by atoms with Gasteiger partial charge < -0.3 is 20.2 Å². The maximum absolute atomic E-state index is 12.5. The molecule has 27 heavy (non-hydrogen) atoms. The molecule has 2 amide bonds. The van der Waals surface area contributed by atoms with Crippen LogP contribution < -0.4 is 10.2 Å². The van der Waals surface area contributed by atoms with E-state index in [0.717, 1.165) is 16.6 Å². The Balaban J connectivity index is 1.41. The Morgan fingerprint density at radius 1 is 1.04 bits per heavy atom. The molecule has 0 atom stereocenters. The second-order valence-corrected chi connectivity index (χ2v) is 6.43. The predicted octanol–water partition coefficient (Wildman–Crippen LogP) is 2.62. The summed E-state index contributed by atoms with van der Waals surface area (Å²) in [4.78, 5) is 27.0. The van der Waals surface area contributed by atoms with Crippen molar-refractivity contribution in [2.75, 3.05) is 36.4 Å². The zero-order valence-electron chi connectivity index (χ0n) is 14.6. The number of rotatable bonds is 3. The third-order valence-electron chi connectivity index (χ3n) is 4.74. The van der Waals surface area contributed by atoms with Gasteiger partial charge in [-0.3, -0.25) is 9.89 Å². The third kappa shape index (κ3) is 3.55. The molecule has 8 heteroatoms. The molecular formula is C19H19N5O3. The molecule has 0 aliphatic carbocycles. The van der Waals surface area contributed by atoms with E-state index in [9.17, 15) is 9.59 Å². The predicted molar refractivity (Wildman–Crippen MR) is 102 cm³/mol. The number of aromatic amines is 1. The highest BCUT2D eigenvalue weighted by Gasteiger charge is 2.20. The number of H-pyrrole nitrogens is 1. The lowest BCUT2D eigenvalue weighted by Gasteiger charge is -2.34. The van der Waals surface area contributed by atoms with Crippen LogP contribution in [0.1, 0.15) is 10.4 Å². The van der Waals surface area contributed by atoms with Gasteiger partial charge in [0.15, 0.2) is 0 Å². The Morgan fingerprint density at radius 2 is 1.78 bits per heavy atom. The number of hydrogen-bond donors (Lipinski definition) is 3. The third-order valence-corrected chi connectivity index (χ3v) is 4.74. The van der Waals surface area contributed by atoms with Crippen molar-refractivity contribution in [3.8, 4) is 0 Å². The Hall–Kier alpha value is -3.55. The Labute approximate surface area is 155 Å². The highest BCUT2D eigenvalue weighted by atomic mass is 16.4. The van der Waals surface area contributed by atoms with Crippen LogP contribution in [0.4, 0.5) is 16.2 Å². The summed E-state index contributed by atoms with van der Waals surface area (Å²) < 4.78 is 0. The van der Waals surface area contributed by atoms with Crippen LogP contribution in [0.15, 0.2) is 48.7 Å². The number of piperazine rings is 1. The highest BCUT2D eigenvalue weighted by Crippen LogP contribution is 2.20. The smallest absolute Gasteiger partial charge is 0.407 e. The molecule has 1 aliphatic rings. The fourth-order valence-electron chi connectivity index (χ4n) is 3.20. The number of carbonyl (C=O) groups excluding carboxylic acids is 1. The van der Waals surface area contributed by atoms with Crippen molar-refractivity contribution >= 4 is 34.3 Å². The molecule has 0 spiro atoms. The molecule has 1 aliphatic heterocycles. The molecule has 3 N–H and O–H groups in total. The number of carbonyl (C=O) groups is 2. The van der Waals surface area contributed by atoms with Crippen LogP contribution in [0.25, 0.3) is 10.9 Å². The van der Waals surface area contributed by atoms with E-state index >= 15 is 0 Å². The topological polar surface area (TPSA) is 102 Å². The van der Waals surface area contributed by atoms with Crippen molar-refractivity contribution in [3.63, 3.8) is 0 Å². The number of nitrogens with one attached hydrogen (secondary N) is 2. The number of benzene rings is 2. The minimum atomic E-state index is -0.879. The van der Waals surface area contributed by atoms with Crippen molar-refractivity contribution in [2.24, 2.45) is 0 Å². The van der Waals surface area contributed by atoms with Gasteiger partial charge in [-0.05, 0) is 42.5 Å². The Kier molecular flexibility index (Phi) is 4.37. The van der Waals surface area contributed by atoms with E-state index in [1.54, 1.807) is 18.3 Å². The summed E-state index contributed by atoms with van der Waals surface area (Å²) >= 11 is 0. The molecule has 1 fully saturated rings. The van der Waals surface area contributed by atoms with Crippen LogP contribution >= 0.6 is 0 Å². The lowest BCUT2D eigenvalue weighted by Crippen LogP contribution is -2.48. The van der Waals surface area contributed by atoms with E-state index in [1.807, 2.05) is 30.3 Å². The number of hydrogen-bond acceptors (Lipinski definition) is 4. The molecule has 2 aromatic carbocycles. The minimum absolute atomic E-state index is 0.180. The molecule has 3 aromatic rings. The van der Waals surface area contributed by atoms with Gasteiger partial charge in [0.25, 0.3) is 5.91 Å². The second-order valence-electron chi connectivity index (χ2n) is 6.43. The quantitative estimate of drug-likeness (QED) is 0.662. The van der Waals surface area contributed by atoms with E-state index in [0.29, 0.717) is 37.4 Å². The average Bonchev–Trinajstić information content (AvgIpc) is 3.16. The number of fused-ring (bicyclic) bond motifs is 1. The van der Waals surface area contributed by atoms with E-state index < -0.39 is 6.09 Å². The summed E-state index contributed by atoms with van der Waals surface area (Å²) in [6, 6.07) is 12.9. The molecular weight excluding hydrogens is 346 g/mol. The van der Waals surface area contributed by atoms with Gasteiger partial charge in [0.1, 0.15) is 0 Å². The van der Waals surface area contributed by atoms with E-state index in [2.05, 4.69) is 20.4 Å². The van der Waals surface area contributed by atoms with Crippen LogP contribution in [-0.2, 0) is 0 Å². The summed E-state index contributed by atoms with van der Waals surface area (Å²) in [5.41, 5.74) is 3.18. The van der Waals surface area contributed by atoms with Gasteiger partial charge in [-0.25, -0.2) is 4.79 Å². The van der Waals surface area contributed by atoms with Crippen molar-refractivity contribution in [3.05, 3.63) is 54.2 Å². The minimum Gasteiger partial charge on any atom is -0.465 e. The van der Waals surface area contributed by atoms with Crippen LogP contribution in [0, 0.1) is 0 Å². The molecule has 2 heterocycles. The number of aromatic nitrogens is 2. The number of anilines is 2. The molecule has 0 saturated carbocycles. The van der Waals surface area contributed by atoms with Crippen molar-refractivity contribution in [2.45, 2.75) is 0 Å². The maximum atomic E-state index is 12.5. The lowest BCUT2D eigenvalue weighted by atomic mass is 10.1. The summed E-state index contributed by atoms with van der Waals surface area (Å²) in [5, 5.41) is 19.7.